The molecule has 4 heterocycles. The average Bonchev–Trinajstić information content (AvgIpc) is 1.49. The molecule has 0 atom stereocenters. The van der Waals surface area contributed by atoms with Gasteiger partial charge in [-0.3, -0.25) is 0 Å². The van der Waals surface area contributed by atoms with E-state index in [0.717, 1.165) is 134 Å². The molecule has 18 aromatic rings. The lowest BCUT2D eigenvalue weighted by atomic mass is 9.65. The van der Waals surface area contributed by atoms with Gasteiger partial charge in [-0.05, 0) is 131 Å². The van der Waals surface area contributed by atoms with Crippen molar-refractivity contribution in [1.29, 1.82) is 0 Å². The highest BCUT2D eigenvalue weighted by molar-refractivity contribution is 5.94. The van der Waals surface area contributed by atoms with Crippen molar-refractivity contribution in [2.45, 2.75) is 10.8 Å². The third-order valence-electron chi connectivity index (χ3n) is 22.9. The number of ether oxygens (including phenoxy) is 2. The topological polar surface area (TPSA) is 95.8 Å². The highest BCUT2D eigenvalue weighted by Gasteiger charge is 2.53. The standard InChI is InChI=1S/C104H64N6O2/c1-4-28-65(29-5-1)77-42-10-11-47-84(77)102-109-98(67-32-8-3-9-33-67)107-101(110-102)76-41-25-38-73(63-76)79-49-27-56-91-96(79)112-94-59-58-71(64-92(94)104(91)87-52-18-14-45-82(87)83-46-15-19-53-88(83)104)69-35-22-34-68(60-69)70-36-23-39-74(61-70)99-105-97(66-30-6-2-7-31-66)106-100(108-99)75-40-24-37-72(62-75)78-48-26-55-90-95(78)111-93-57-21-20-54-89(93)103(90)85-50-16-12-43-80(85)81-44-13-17-51-86(81)103/h1-64H. The van der Waals surface area contributed by atoms with Gasteiger partial charge in [-0.2, -0.15) is 0 Å². The molecule has 2 spiro atoms. The van der Waals surface area contributed by atoms with Crippen LogP contribution in [0.15, 0.2) is 388 Å². The van der Waals surface area contributed by atoms with E-state index < -0.39 is 10.8 Å². The first kappa shape index (κ1) is 64.3. The first-order chi connectivity index (χ1) is 55.5. The smallest absolute Gasteiger partial charge is 0.164 e. The van der Waals surface area contributed by atoms with E-state index >= 15 is 0 Å². The summed E-state index contributed by atoms with van der Waals surface area (Å²) in [7, 11) is 0. The van der Waals surface area contributed by atoms with Crippen LogP contribution in [0.1, 0.15) is 44.5 Å². The average molecular weight is 1430 g/mol. The molecular formula is C104H64N6O2. The largest absolute Gasteiger partial charge is 0.456 e. The van der Waals surface area contributed by atoms with Crippen molar-refractivity contribution in [2.75, 3.05) is 0 Å². The van der Waals surface area contributed by atoms with Gasteiger partial charge in [0.1, 0.15) is 23.0 Å². The van der Waals surface area contributed by atoms with E-state index in [4.69, 9.17) is 39.4 Å². The number of nitrogens with zero attached hydrogens (tertiary/aromatic N) is 6. The van der Waals surface area contributed by atoms with E-state index in [0.29, 0.717) is 34.9 Å². The Hall–Kier alpha value is -14.9. The summed E-state index contributed by atoms with van der Waals surface area (Å²) in [6.07, 6.45) is 0. The number of fused-ring (bicyclic) bond motifs is 18. The highest BCUT2D eigenvalue weighted by Crippen LogP contribution is 2.66. The molecule has 16 aromatic carbocycles. The van der Waals surface area contributed by atoms with Crippen LogP contribution >= 0.6 is 0 Å². The molecule has 2 aliphatic carbocycles. The molecule has 0 fully saturated rings. The number of aromatic nitrogens is 6. The molecule has 0 N–H and O–H groups in total. The maximum atomic E-state index is 7.48. The summed E-state index contributed by atoms with van der Waals surface area (Å²) in [6, 6.07) is 138. The van der Waals surface area contributed by atoms with Crippen molar-refractivity contribution in [1.82, 2.24) is 29.9 Å². The molecule has 8 nitrogen and oxygen atoms in total. The number of benzene rings is 16. The molecular weight excluding hydrogens is 1370 g/mol. The summed E-state index contributed by atoms with van der Waals surface area (Å²) in [5, 5.41) is 0. The minimum absolute atomic E-state index is 0.559. The molecule has 0 bridgehead atoms. The van der Waals surface area contributed by atoms with Gasteiger partial charge in [-0.1, -0.05) is 346 Å². The van der Waals surface area contributed by atoms with Gasteiger partial charge in [0.25, 0.3) is 0 Å². The minimum atomic E-state index is -0.767. The summed E-state index contributed by atoms with van der Waals surface area (Å²) < 4.78 is 14.6. The molecule has 0 radical (unpaired) electrons. The Labute approximate surface area is 648 Å². The molecule has 0 saturated heterocycles. The second kappa shape index (κ2) is 25.9. The van der Waals surface area contributed by atoms with Crippen LogP contribution in [0, 0.1) is 0 Å². The van der Waals surface area contributed by atoms with Gasteiger partial charge in [0.05, 0.1) is 10.8 Å². The lowest BCUT2D eigenvalue weighted by Crippen LogP contribution is -2.32. The van der Waals surface area contributed by atoms with Crippen LogP contribution in [0.2, 0.25) is 0 Å². The molecule has 522 valence electrons. The number of hydrogen-bond acceptors (Lipinski definition) is 8. The predicted octanol–water partition coefficient (Wildman–Crippen LogP) is 25.3. The molecule has 0 unspecified atom stereocenters. The molecule has 0 saturated carbocycles. The zero-order valence-corrected chi connectivity index (χ0v) is 60.5. The molecule has 2 aromatic heterocycles. The van der Waals surface area contributed by atoms with Crippen molar-refractivity contribution < 1.29 is 9.47 Å². The van der Waals surface area contributed by atoms with Crippen LogP contribution in [0.25, 0.3) is 146 Å². The van der Waals surface area contributed by atoms with E-state index in [2.05, 4.69) is 340 Å². The zero-order chi connectivity index (χ0) is 73.9. The Morgan fingerprint density at radius 3 is 0.884 bits per heavy atom. The fourth-order valence-electron chi connectivity index (χ4n) is 18.0. The van der Waals surface area contributed by atoms with Crippen LogP contribution in [-0.2, 0) is 10.8 Å². The van der Waals surface area contributed by atoms with Gasteiger partial charge < -0.3 is 9.47 Å². The van der Waals surface area contributed by atoms with Gasteiger partial charge in [0.2, 0.25) is 0 Å². The van der Waals surface area contributed by atoms with Crippen molar-refractivity contribution in [2.24, 2.45) is 0 Å². The van der Waals surface area contributed by atoms with Crippen LogP contribution in [0.3, 0.4) is 0 Å². The van der Waals surface area contributed by atoms with Gasteiger partial charge in [-0.25, -0.2) is 29.9 Å². The molecule has 4 aliphatic rings. The normalized spacial score (nSPS) is 13.1. The Morgan fingerprint density at radius 2 is 0.429 bits per heavy atom. The Bertz CT molecular complexity index is 6760. The second-order valence-electron chi connectivity index (χ2n) is 29.0. The van der Waals surface area contributed by atoms with E-state index in [-0.39, 0.29) is 0 Å². The Balaban J connectivity index is 0.626. The minimum Gasteiger partial charge on any atom is -0.456 e. The van der Waals surface area contributed by atoms with E-state index in [1.807, 2.05) is 48.5 Å². The molecule has 22 rings (SSSR count). The predicted molar refractivity (Wildman–Crippen MR) is 448 cm³/mol. The summed E-state index contributed by atoms with van der Waals surface area (Å²) >= 11 is 0. The number of hydrogen-bond donors (Lipinski definition) is 0. The quantitative estimate of drug-likeness (QED) is 0.126. The summed E-state index contributed by atoms with van der Waals surface area (Å²) in [5.74, 6) is 6.71. The first-order valence-electron chi connectivity index (χ1n) is 38.0. The van der Waals surface area contributed by atoms with Crippen molar-refractivity contribution in [3.63, 3.8) is 0 Å². The van der Waals surface area contributed by atoms with E-state index in [9.17, 15) is 0 Å². The zero-order valence-electron chi connectivity index (χ0n) is 60.5. The summed E-state index contributed by atoms with van der Waals surface area (Å²) in [4.78, 5) is 31.7. The van der Waals surface area contributed by atoms with Crippen LogP contribution in [-0.4, -0.2) is 29.9 Å². The van der Waals surface area contributed by atoms with Gasteiger partial charge in [-0.15, -0.1) is 0 Å². The third-order valence-corrected chi connectivity index (χ3v) is 22.9. The highest BCUT2D eigenvalue weighted by atomic mass is 16.5. The van der Waals surface area contributed by atoms with Gasteiger partial charge >= 0.3 is 0 Å². The van der Waals surface area contributed by atoms with Crippen LogP contribution in [0.5, 0.6) is 23.0 Å². The number of rotatable bonds is 11. The Morgan fingerprint density at radius 1 is 0.152 bits per heavy atom. The SMILES string of the molecule is c1ccc(-c2nc(-c3cccc(-c4cccc(-c5ccc6c(c5)C5(c7ccccc7-c7ccccc75)c5cccc(-c7cccc(-c8nc(-c9ccccc9)nc(-c9ccccc9-c9ccccc9)n8)c7)c5O6)c4)c3)nc(-c3cccc(-c4cccc5c4Oc4ccccc4C54c5ccccc5-c5ccccc54)c3)n2)cc1. The molecule has 8 heteroatoms. The fourth-order valence-corrected chi connectivity index (χ4v) is 18.0. The maximum Gasteiger partial charge on any atom is 0.164 e. The maximum absolute atomic E-state index is 7.48. The molecule has 112 heavy (non-hydrogen) atoms. The fraction of sp³-hybridized carbons (Fsp3) is 0.0192. The lowest BCUT2D eigenvalue weighted by Gasteiger charge is -2.40. The molecule has 0 amide bonds. The first-order valence-corrected chi connectivity index (χ1v) is 38.0. The van der Waals surface area contributed by atoms with Gasteiger partial charge in [0.15, 0.2) is 34.9 Å². The Kier molecular flexibility index (Phi) is 14.9. The monoisotopic (exact) mass is 1430 g/mol. The lowest BCUT2D eigenvalue weighted by molar-refractivity contribution is 0.438. The van der Waals surface area contributed by atoms with E-state index in [1.54, 1.807) is 0 Å². The second-order valence-corrected chi connectivity index (χ2v) is 29.0. The molecule has 2 aliphatic heterocycles. The number of para-hydroxylation sites is 3. The van der Waals surface area contributed by atoms with Crippen molar-refractivity contribution in [3.05, 3.63) is 433 Å². The van der Waals surface area contributed by atoms with E-state index in [1.165, 1.54) is 44.5 Å². The van der Waals surface area contributed by atoms with Crippen LogP contribution in [0.4, 0.5) is 0 Å². The van der Waals surface area contributed by atoms with Crippen LogP contribution < -0.4 is 9.47 Å². The van der Waals surface area contributed by atoms with Gasteiger partial charge in [0, 0.05) is 66.8 Å². The summed E-state index contributed by atoms with van der Waals surface area (Å²) in [5.41, 5.74) is 28.2. The summed E-state index contributed by atoms with van der Waals surface area (Å²) in [6.45, 7) is 0. The third kappa shape index (κ3) is 10.2. The van der Waals surface area contributed by atoms with Crippen molar-refractivity contribution >= 4 is 0 Å². The van der Waals surface area contributed by atoms with Crippen molar-refractivity contribution in [3.8, 4) is 169 Å².